The zero-order chi connectivity index (χ0) is 8.27. The molecule has 0 spiro atoms. The van der Waals surface area contributed by atoms with Crippen molar-refractivity contribution in [2.24, 2.45) is 0 Å². The molecule has 1 rings (SSSR count). The van der Waals surface area contributed by atoms with Crippen LogP contribution in [-0.2, 0) is 0 Å². The molecule has 0 heterocycles. The summed E-state index contributed by atoms with van der Waals surface area (Å²) in [6, 6.07) is 8.18. The molecule has 0 aromatic heterocycles. The average Bonchev–Trinajstić information content (AvgIpc) is 2.04. The molecule has 1 nitrogen and oxygen atoms in total. The summed E-state index contributed by atoms with van der Waals surface area (Å²) in [4.78, 5) is 0. The molecule has 1 aromatic rings. The molecule has 11 heavy (non-hydrogen) atoms. The molecule has 0 saturated carbocycles. The molecule has 2 heteroatoms. The van der Waals surface area contributed by atoms with Crippen LogP contribution in [0, 0.1) is 7.05 Å². The Morgan fingerprint density at radius 2 is 2.09 bits per heavy atom. The van der Waals surface area contributed by atoms with Gasteiger partial charge in [-0.3, -0.25) is 0 Å². The van der Waals surface area contributed by atoms with Crippen LogP contribution >= 0.6 is 11.6 Å². The Kier molecular flexibility index (Phi) is 2.92. The Labute approximate surface area is 72.4 Å². The van der Waals surface area contributed by atoms with Gasteiger partial charge in [0.25, 0.3) is 0 Å². The minimum Gasteiger partial charge on any atom is -0.473 e. The van der Waals surface area contributed by atoms with Gasteiger partial charge >= 0.3 is 0 Å². The van der Waals surface area contributed by atoms with E-state index in [2.05, 4.69) is 14.0 Å². The van der Waals surface area contributed by atoms with Gasteiger partial charge in [-0.1, -0.05) is 29.8 Å². The average molecular weight is 170 g/mol. The van der Waals surface area contributed by atoms with Crippen LogP contribution in [0.25, 0.3) is 0 Å². The zero-order valence-electron chi connectivity index (χ0n) is 6.55. The first-order valence-electron chi connectivity index (χ1n) is 3.62. The maximum absolute atomic E-state index is 5.95. The molecule has 2 N–H and O–H groups in total. The van der Waals surface area contributed by atoms with Gasteiger partial charge in [0.15, 0.2) is 0 Å². The summed E-state index contributed by atoms with van der Waals surface area (Å²) >= 11 is 5.95. The Morgan fingerprint density at radius 3 is 2.64 bits per heavy atom. The molecule has 0 bridgehead atoms. The summed E-state index contributed by atoms with van der Waals surface area (Å²) < 4.78 is 0. The molecular weight excluding hydrogens is 158 g/mol. The van der Waals surface area contributed by atoms with E-state index in [-0.39, 0.29) is 0 Å². The minimum absolute atomic E-state index is 0.337. The first kappa shape index (κ1) is 8.57. The monoisotopic (exact) mass is 169 g/mol. The molecule has 0 fully saturated rings. The fourth-order valence-corrected chi connectivity index (χ4v) is 1.28. The molecule has 0 aliphatic carbocycles. The summed E-state index contributed by atoms with van der Waals surface area (Å²) in [6.07, 6.45) is 0. The van der Waals surface area contributed by atoms with Crippen molar-refractivity contribution in [3.8, 4) is 0 Å². The van der Waals surface area contributed by atoms with E-state index in [0.29, 0.717) is 6.04 Å². The van der Waals surface area contributed by atoms with Gasteiger partial charge in [-0.15, -0.1) is 0 Å². The van der Waals surface area contributed by atoms with Crippen LogP contribution < -0.4 is 5.32 Å². The number of hydrogen-bond donors (Lipinski definition) is 1. The van der Waals surface area contributed by atoms with Crippen LogP contribution in [0.4, 0.5) is 0 Å². The van der Waals surface area contributed by atoms with Crippen molar-refractivity contribution < 1.29 is 5.32 Å². The molecule has 1 unspecified atom stereocenters. The highest BCUT2D eigenvalue weighted by Gasteiger charge is 2.06. The van der Waals surface area contributed by atoms with Crippen molar-refractivity contribution in [1.29, 1.82) is 0 Å². The lowest BCUT2D eigenvalue weighted by atomic mass is 10.1. The van der Waals surface area contributed by atoms with E-state index in [1.165, 1.54) is 0 Å². The van der Waals surface area contributed by atoms with Crippen LogP contribution in [0.5, 0.6) is 0 Å². The summed E-state index contributed by atoms with van der Waals surface area (Å²) in [5.74, 6) is 0. The minimum atomic E-state index is 0.337. The van der Waals surface area contributed by atoms with Gasteiger partial charge in [0.1, 0.15) is 0 Å². The standard InChI is InChI=1S/C9H12ClN/c1-7(11-2)8-5-3-4-6-9(8)10/h3-7H,2,11H2,1H3. The second-order valence-corrected chi connectivity index (χ2v) is 2.95. The van der Waals surface area contributed by atoms with E-state index in [1.54, 1.807) is 0 Å². The Hall–Kier alpha value is -0.530. The number of benzene rings is 1. The summed E-state index contributed by atoms with van der Waals surface area (Å²) in [5, 5.41) is 2.71. The van der Waals surface area contributed by atoms with E-state index < -0.39 is 0 Å². The number of halogens is 1. The van der Waals surface area contributed by atoms with Gasteiger partial charge in [-0.25, -0.2) is 0 Å². The summed E-state index contributed by atoms with van der Waals surface area (Å²) in [7, 11) is 3.72. The highest BCUT2D eigenvalue weighted by Crippen LogP contribution is 2.19. The maximum atomic E-state index is 5.95. The molecule has 0 aliphatic rings. The van der Waals surface area contributed by atoms with Crippen molar-refractivity contribution in [3.63, 3.8) is 0 Å². The number of nitrogens with two attached hydrogens (primary N) is 1. The number of quaternary nitrogens is 1. The van der Waals surface area contributed by atoms with Crippen molar-refractivity contribution in [2.45, 2.75) is 13.0 Å². The zero-order valence-corrected chi connectivity index (χ0v) is 7.31. The lowest BCUT2D eigenvalue weighted by Crippen LogP contribution is -2.77. The molecule has 0 aliphatic heterocycles. The Morgan fingerprint density at radius 1 is 1.45 bits per heavy atom. The second-order valence-electron chi connectivity index (χ2n) is 2.55. The normalized spacial score (nSPS) is 13.0. The summed E-state index contributed by atoms with van der Waals surface area (Å²) in [5.41, 5.74) is 1.14. The van der Waals surface area contributed by atoms with Crippen LogP contribution in [0.15, 0.2) is 24.3 Å². The van der Waals surface area contributed by atoms with E-state index >= 15 is 0 Å². The van der Waals surface area contributed by atoms with E-state index in [1.807, 2.05) is 29.6 Å². The van der Waals surface area contributed by atoms with Gasteiger partial charge in [0, 0.05) is 10.6 Å². The molecule has 0 amide bonds. The van der Waals surface area contributed by atoms with Crippen molar-refractivity contribution in [3.05, 3.63) is 41.9 Å². The maximum Gasteiger partial charge on any atom is 0.0862 e. The second kappa shape index (κ2) is 3.74. The lowest BCUT2D eigenvalue weighted by molar-refractivity contribution is -0.637. The highest BCUT2D eigenvalue weighted by molar-refractivity contribution is 6.31. The van der Waals surface area contributed by atoms with Gasteiger partial charge in [-0.2, -0.15) is 7.05 Å². The van der Waals surface area contributed by atoms with E-state index in [9.17, 15) is 0 Å². The molecule has 60 valence electrons. The highest BCUT2D eigenvalue weighted by atomic mass is 35.5. The third-order valence-electron chi connectivity index (χ3n) is 1.75. The first-order chi connectivity index (χ1) is 5.25. The fraction of sp³-hybridized carbons (Fsp3) is 0.222. The Balaban J connectivity index is 2.93. The predicted molar refractivity (Wildman–Crippen MR) is 47.1 cm³/mol. The molecule has 1 atom stereocenters. The largest absolute Gasteiger partial charge is 0.473 e. The topological polar surface area (TPSA) is 16.6 Å². The van der Waals surface area contributed by atoms with Gasteiger partial charge in [0.2, 0.25) is 0 Å². The Bertz CT molecular complexity index is 235. The molecule has 1 aromatic carbocycles. The van der Waals surface area contributed by atoms with Gasteiger partial charge in [0.05, 0.1) is 6.04 Å². The van der Waals surface area contributed by atoms with Crippen molar-refractivity contribution in [2.75, 3.05) is 0 Å². The lowest BCUT2D eigenvalue weighted by Gasteiger charge is -2.12. The third kappa shape index (κ3) is 1.95. The van der Waals surface area contributed by atoms with E-state index in [4.69, 9.17) is 11.6 Å². The third-order valence-corrected chi connectivity index (χ3v) is 2.09. The van der Waals surface area contributed by atoms with Crippen LogP contribution in [-0.4, -0.2) is 0 Å². The molecular formula is C9H12ClN. The van der Waals surface area contributed by atoms with Crippen LogP contribution in [0.1, 0.15) is 18.5 Å². The van der Waals surface area contributed by atoms with Crippen molar-refractivity contribution >= 4 is 11.6 Å². The number of hydrogen-bond acceptors (Lipinski definition) is 0. The first-order valence-corrected chi connectivity index (χ1v) is 4.00. The predicted octanol–water partition coefficient (Wildman–Crippen LogP) is 1.76. The van der Waals surface area contributed by atoms with E-state index in [0.717, 1.165) is 10.6 Å². The van der Waals surface area contributed by atoms with Gasteiger partial charge < -0.3 is 5.32 Å². The van der Waals surface area contributed by atoms with Crippen LogP contribution in [0.3, 0.4) is 0 Å². The fourth-order valence-electron chi connectivity index (χ4n) is 0.971. The van der Waals surface area contributed by atoms with Crippen molar-refractivity contribution in [1.82, 2.24) is 0 Å². The quantitative estimate of drug-likeness (QED) is 0.650. The van der Waals surface area contributed by atoms with Crippen LogP contribution in [0.2, 0.25) is 5.02 Å². The van der Waals surface area contributed by atoms with Gasteiger partial charge in [-0.05, 0) is 13.0 Å². The smallest absolute Gasteiger partial charge is 0.0862 e. The molecule has 0 saturated heterocycles. The molecule has 0 radical (unpaired) electrons. The SMILES string of the molecule is [CH2-][NH2+]C(C)c1ccccc1Cl. The summed E-state index contributed by atoms with van der Waals surface area (Å²) in [6.45, 7) is 2.08. The number of rotatable bonds is 2.